The molecule has 0 aliphatic rings. The van der Waals surface area contributed by atoms with E-state index >= 15 is 0 Å². The molecule has 1 atom stereocenters. The first kappa shape index (κ1) is 12.9. The molecule has 0 saturated heterocycles. The Morgan fingerprint density at radius 1 is 1.33 bits per heavy atom. The van der Waals surface area contributed by atoms with Gasteiger partial charge in [0.2, 0.25) is 0 Å². The molecule has 0 bridgehead atoms. The topological polar surface area (TPSA) is 17.4 Å². The number of hydrogen-bond acceptors (Lipinski definition) is 2. The minimum Gasteiger partial charge on any atom is -0.493 e. The second-order valence-corrected chi connectivity index (χ2v) is 4.79. The molecule has 0 radical (unpaired) electrons. The van der Waals surface area contributed by atoms with Crippen LogP contribution < -0.4 is 4.74 Å². The number of nitrogens with zero attached hydrogens (tertiary/aromatic N) is 2. The van der Waals surface area contributed by atoms with Crippen molar-refractivity contribution in [2.24, 2.45) is 0 Å². The van der Waals surface area contributed by atoms with Crippen LogP contribution in [0.5, 0.6) is 5.75 Å². The van der Waals surface area contributed by atoms with Crippen LogP contribution in [0.1, 0.15) is 6.92 Å². The fourth-order valence-electron chi connectivity index (χ4n) is 2.03. The second-order valence-electron chi connectivity index (χ2n) is 4.79. The molecule has 0 spiro atoms. The Labute approximate surface area is 107 Å². The normalized spacial score (nSPS) is 13.2. The molecule has 0 aliphatic heterocycles. The molecule has 0 N–H and O–H groups in total. The maximum Gasteiger partial charge on any atom is 0.165 e. The van der Waals surface area contributed by atoms with Gasteiger partial charge in [0.25, 0.3) is 0 Å². The number of fused-ring (bicyclic) bond motifs is 1. The quantitative estimate of drug-likeness (QED) is 0.830. The number of hydrogen-bond donors (Lipinski definition) is 0. The summed E-state index contributed by atoms with van der Waals surface area (Å²) in [4.78, 5) is 2.16. The summed E-state index contributed by atoms with van der Waals surface area (Å²) in [5.74, 6) is 0.00663. The summed E-state index contributed by atoms with van der Waals surface area (Å²) in [7, 11) is 5.60. The zero-order valence-corrected chi connectivity index (χ0v) is 11.3. The lowest BCUT2D eigenvalue weighted by atomic mass is 10.2. The summed E-state index contributed by atoms with van der Waals surface area (Å²) in [5.41, 5.74) is 1.00. The molecule has 0 unspecified atom stereocenters. The van der Waals surface area contributed by atoms with Crippen LogP contribution in [0.25, 0.3) is 10.9 Å². The maximum absolute atomic E-state index is 13.6. The van der Waals surface area contributed by atoms with Crippen LogP contribution in [-0.4, -0.2) is 36.7 Å². The Morgan fingerprint density at radius 2 is 2.06 bits per heavy atom. The third-order valence-corrected chi connectivity index (χ3v) is 3.40. The number of methoxy groups -OCH3 is 1. The smallest absolute Gasteiger partial charge is 0.165 e. The fourth-order valence-corrected chi connectivity index (χ4v) is 2.03. The molecule has 2 aromatic rings. The maximum atomic E-state index is 13.6. The largest absolute Gasteiger partial charge is 0.493 e. The number of halogens is 1. The summed E-state index contributed by atoms with van der Waals surface area (Å²) in [6.07, 6.45) is 1.98. The van der Waals surface area contributed by atoms with E-state index in [1.165, 1.54) is 13.2 Å². The standard InChI is InChI=1S/C14H19FN2O/c1-10(16(2)3)9-17-8-7-11-13(17)6-5-12(15)14(11)18-4/h5-8,10H,9H2,1-4H3/t10-/m1/s1. The third kappa shape index (κ3) is 2.20. The first-order chi connectivity index (χ1) is 8.54. The Hall–Kier alpha value is -1.55. The van der Waals surface area contributed by atoms with E-state index in [1.807, 2.05) is 12.3 Å². The number of likely N-dealkylation sites (N-methyl/N-ethyl adjacent to an activating group) is 1. The summed E-state index contributed by atoms with van der Waals surface area (Å²) < 4.78 is 20.8. The van der Waals surface area contributed by atoms with Crippen LogP contribution in [0, 0.1) is 5.82 Å². The number of aromatic nitrogens is 1. The first-order valence-electron chi connectivity index (χ1n) is 6.02. The van der Waals surface area contributed by atoms with E-state index in [2.05, 4.69) is 30.5 Å². The van der Waals surface area contributed by atoms with E-state index in [1.54, 1.807) is 6.07 Å². The van der Waals surface area contributed by atoms with Gasteiger partial charge in [-0.3, -0.25) is 0 Å². The molecule has 0 fully saturated rings. The number of ether oxygens (including phenoxy) is 1. The highest BCUT2D eigenvalue weighted by atomic mass is 19.1. The van der Waals surface area contributed by atoms with Crippen LogP contribution in [0.4, 0.5) is 4.39 Å². The average molecular weight is 250 g/mol. The molecule has 0 amide bonds. The van der Waals surface area contributed by atoms with Gasteiger partial charge in [-0.2, -0.15) is 0 Å². The lowest BCUT2D eigenvalue weighted by Gasteiger charge is -2.20. The molecule has 4 heteroatoms. The highest BCUT2D eigenvalue weighted by molar-refractivity contribution is 5.86. The third-order valence-electron chi connectivity index (χ3n) is 3.40. The SMILES string of the molecule is COc1c(F)ccc2c1ccn2C[C@@H](C)N(C)C. The second kappa shape index (κ2) is 4.98. The van der Waals surface area contributed by atoms with Crippen molar-refractivity contribution >= 4 is 10.9 Å². The summed E-state index contributed by atoms with van der Waals surface area (Å²) in [5, 5.41) is 0.823. The van der Waals surface area contributed by atoms with Crippen LogP contribution in [-0.2, 0) is 6.54 Å². The van der Waals surface area contributed by atoms with Crippen molar-refractivity contribution in [2.45, 2.75) is 19.5 Å². The Kier molecular flexibility index (Phi) is 3.57. The lowest BCUT2D eigenvalue weighted by molar-refractivity contribution is 0.286. The molecular weight excluding hydrogens is 231 g/mol. The van der Waals surface area contributed by atoms with E-state index in [4.69, 9.17) is 4.74 Å². The van der Waals surface area contributed by atoms with Crippen molar-refractivity contribution in [3.05, 3.63) is 30.2 Å². The average Bonchev–Trinajstić information content (AvgIpc) is 2.72. The monoisotopic (exact) mass is 250 g/mol. The highest BCUT2D eigenvalue weighted by Gasteiger charge is 2.13. The number of benzene rings is 1. The minimum atomic E-state index is -0.316. The van der Waals surface area contributed by atoms with Crippen molar-refractivity contribution in [2.75, 3.05) is 21.2 Å². The summed E-state index contributed by atoms with van der Waals surface area (Å²) in [6.45, 7) is 3.03. The molecule has 3 nitrogen and oxygen atoms in total. The molecule has 2 rings (SSSR count). The van der Waals surface area contributed by atoms with Crippen molar-refractivity contribution < 1.29 is 9.13 Å². The predicted octanol–water partition coefficient (Wildman–Crippen LogP) is 2.74. The fraction of sp³-hybridized carbons (Fsp3) is 0.429. The molecule has 18 heavy (non-hydrogen) atoms. The Balaban J connectivity index is 2.43. The Bertz CT molecular complexity index is 548. The number of rotatable bonds is 4. The van der Waals surface area contributed by atoms with E-state index in [0.29, 0.717) is 11.8 Å². The van der Waals surface area contributed by atoms with Gasteiger partial charge in [0.1, 0.15) is 0 Å². The molecule has 1 aromatic carbocycles. The van der Waals surface area contributed by atoms with E-state index in [9.17, 15) is 4.39 Å². The molecule has 98 valence electrons. The summed E-state index contributed by atoms with van der Waals surface area (Å²) in [6, 6.07) is 5.57. The van der Waals surface area contributed by atoms with Crippen molar-refractivity contribution in [3.63, 3.8) is 0 Å². The van der Waals surface area contributed by atoms with Gasteiger partial charge in [-0.15, -0.1) is 0 Å². The Morgan fingerprint density at radius 3 is 2.67 bits per heavy atom. The van der Waals surface area contributed by atoms with Crippen molar-refractivity contribution in [1.82, 2.24) is 9.47 Å². The first-order valence-corrected chi connectivity index (χ1v) is 6.02. The molecule has 0 saturated carbocycles. The van der Waals surface area contributed by atoms with Gasteiger partial charge in [-0.25, -0.2) is 4.39 Å². The van der Waals surface area contributed by atoms with Crippen molar-refractivity contribution in [1.29, 1.82) is 0 Å². The van der Waals surface area contributed by atoms with Gasteiger partial charge in [0, 0.05) is 24.2 Å². The van der Waals surface area contributed by atoms with Crippen LogP contribution in [0.2, 0.25) is 0 Å². The van der Waals surface area contributed by atoms with Gasteiger partial charge in [0.05, 0.1) is 12.6 Å². The molecule has 0 aliphatic carbocycles. The van der Waals surface area contributed by atoms with Gasteiger partial charge < -0.3 is 14.2 Å². The zero-order chi connectivity index (χ0) is 13.3. The molecular formula is C14H19FN2O. The van der Waals surface area contributed by atoms with Gasteiger partial charge in [-0.1, -0.05) is 0 Å². The van der Waals surface area contributed by atoms with Crippen molar-refractivity contribution in [3.8, 4) is 5.75 Å². The van der Waals surface area contributed by atoms with E-state index < -0.39 is 0 Å². The zero-order valence-electron chi connectivity index (χ0n) is 11.3. The van der Waals surface area contributed by atoms with Crippen LogP contribution >= 0.6 is 0 Å². The summed E-state index contributed by atoms with van der Waals surface area (Å²) >= 11 is 0. The van der Waals surface area contributed by atoms with Gasteiger partial charge >= 0.3 is 0 Å². The van der Waals surface area contributed by atoms with E-state index in [-0.39, 0.29) is 5.82 Å². The van der Waals surface area contributed by atoms with Crippen LogP contribution in [0.15, 0.2) is 24.4 Å². The predicted molar refractivity (Wildman–Crippen MR) is 71.6 cm³/mol. The minimum absolute atomic E-state index is 0.316. The molecule has 1 heterocycles. The highest BCUT2D eigenvalue weighted by Crippen LogP contribution is 2.29. The van der Waals surface area contributed by atoms with E-state index in [0.717, 1.165) is 17.4 Å². The van der Waals surface area contributed by atoms with Crippen LogP contribution in [0.3, 0.4) is 0 Å². The lowest BCUT2D eigenvalue weighted by Crippen LogP contribution is -2.28. The van der Waals surface area contributed by atoms with Gasteiger partial charge in [0.15, 0.2) is 11.6 Å². The van der Waals surface area contributed by atoms with Gasteiger partial charge in [-0.05, 0) is 39.2 Å². The molecule has 1 aromatic heterocycles.